The fourth-order valence-electron chi connectivity index (χ4n) is 1.64. The number of nitrogens with two attached hydrogens (primary N) is 1. The molecule has 2 atom stereocenters. The molecule has 4 N–H and O–H groups in total. The van der Waals surface area contributed by atoms with Gasteiger partial charge in [-0.2, -0.15) is 0 Å². The van der Waals surface area contributed by atoms with Crippen LogP contribution >= 0.6 is 0 Å². The van der Waals surface area contributed by atoms with Crippen molar-refractivity contribution in [2.75, 3.05) is 5.32 Å². The number of hydrogen-bond donors (Lipinski definition) is 3. The van der Waals surface area contributed by atoms with Gasteiger partial charge in [-0.3, -0.25) is 4.79 Å². The van der Waals surface area contributed by atoms with Crippen LogP contribution in [0.3, 0.4) is 0 Å². The summed E-state index contributed by atoms with van der Waals surface area (Å²) in [6.45, 7) is 3.72. The van der Waals surface area contributed by atoms with Crippen molar-refractivity contribution in [1.82, 2.24) is 5.32 Å². The number of carbonyl (C=O) groups is 2. The Kier molecular flexibility index (Phi) is 5.29. The second-order valence-corrected chi connectivity index (χ2v) is 4.37. The molecule has 0 radical (unpaired) electrons. The Morgan fingerprint density at radius 1 is 1.42 bits per heavy atom. The first-order valence-corrected chi connectivity index (χ1v) is 6.06. The molecule has 0 aliphatic rings. The lowest BCUT2D eigenvalue weighted by Crippen LogP contribution is -2.49. The second-order valence-electron chi connectivity index (χ2n) is 4.37. The quantitative estimate of drug-likeness (QED) is 0.760. The number of primary amides is 1. The zero-order chi connectivity index (χ0) is 14.4. The second kappa shape index (κ2) is 6.72. The maximum Gasteiger partial charge on any atom is 0.312 e. The van der Waals surface area contributed by atoms with Crippen LogP contribution < -0.4 is 16.4 Å². The highest BCUT2D eigenvalue weighted by Gasteiger charge is 2.25. The molecule has 0 aliphatic heterocycles. The van der Waals surface area contributed by atoms with Crippen molar-refractivity contribution in [3.63, 3.8) is 0 Å². The third-order valence-corrected chi connectivity index (χ3v) is 2.89. The third-order valence-electron chi connectivity index (χ3n) is 2.89. The third kappa shape index (κ3) is 4.57. The number of amides is 3. The summed E-state index contributed by atoms with van der Waals surface area (Å²) in [5, 5.41) is 4.95. The van der Waals surface area contributed by atoms with E-state index in [2.05, 4.69) is 10.6 Å². The van der Waals surface area contributed by atoms with E-state index in [-0.39, 0.29) is 5.92 Å². The average molecular weight is 267 g/mol. The number of carbonyl (C=O) groups excluding carboxylic acids is 2. The number of hydrogen-bond acceptors (Lipinski definition) is 2. The minimum absolute atomic E-state index is 0.0824. The van der Waals surface area contributed by atoms with Crippen LogP contribution in [0.25, 0.3) is 0 Å². The summed E-state index contributed by atoms with van der Waals surface area (Å²) >= 11 is 0. The molecule has 0 heterocycles. The van der Waals surface area contributed by atoms with Crippen LogP contribution in [0.2, 0.25) is 0 Å². The van der Waals surface area contributed by atoms with Crippen LogP contribution in [0.5, 0.6) is 0 Å². The number of anilines is 1. The smallest absolute Gasteiger partial charge is 0.312 e. The molecule has 2 unspecified atom stereocenters. The molecule has 6 heteroatoms. The first kappa shape index (κ1) is 14.9. The molecule has 1 aromatic rings. The lowest BCUT2D eigenvalue weighted by Gasteiger charge is -2.22. The highest BCUT2D eigenvalue weighted by Crippen LogP contribution is 2.13. The van der Waals surface area contributed by atoms with E-state index in [0.717, 1.165) is 0 Å². The predicted molar refractivity (Wildman–Crippen MR) is 71.0 cm³/mol. The molecule has 19 heavy (non-hydrogen) atoms. The Morgan fingerprint density at radius 3 is 2.63 bits per heavy atom. The van der Waals surface area contributed by atoms with Crippen molar-refractivity contribution in [3.8, 4) is 0 Å². The van der Waals surface area contributed by atoms with Crippen LogP contribution in [0, 0.1) is 11.7 Å². The van der Waals surface area contributed by atoms with Crippen molar-refractivity contribution in [2.24, 2.45) is 11.7 Å². The van der Waals surface area contributed by atoms with Crippen molar-refractivity contribution < 1.29 is 14.0 Å². The molecule has 0 bridgehead atoms. The Bertz CT molecular complexity index is 465. The minimum atomic E-state index is -0.764. The standard InChI is InChI=1S/C13H18FN3O2/c1-3-8(2)11(17-13(15)19)12(18)16-10-6-4-5-9(14)7-10/h4-8,11H,3H2,1-2H3,(H,16,18)(H3,15,17,19). The molecule has 104 valence electrons. The first-order valence-electron chi connectivity index (χ1n) is 6.06. The van der Waals surface area contributed by atoms with Gasteiger partial charge in [-0.1, -0.05) is 26.3 Å². The fraction of sp³-hybridized carbons (Fsp3) is 0.385. The molecule has 0 saturated heterocycles. The zero-order valence-electron chi connectivity index (χ0n) is 10.9. The van der Waals surface area contributed by atoms with Crippen LogP contribution in [0.4, 0.5) is 14.9 Å². The number of benzene rings is 1. The van der Waals surface area contributed by atoms with Crippen molar-refractivity contribution in [1.29, 1.82) is 0 Å². The van der Waals surface area contributed by atoms with Gasteiger partial charge in [-0.25, -0.2) is 9.18 Å². The largest absolute Gasteiger partial charge is 0.352 e. The van der Waals surface area contributed by atoms with Gasteiger partial charge >= 0.3 is 6.03 Å². The molecular weight excluding hydrogens is 249 g/mol. The van der Waals surface area contributed by atoms with Crippen LogP contribution in [-0.2, 0) is 4.79 Å². The highest BCUT2D eigenvalue weighted by atomic mass is 19.1. The van der Waals surface area contributed by atoms with Gasteiger partial charge in [-0.05, 0) is 24.1 Å². The van der Waals surface area contributed by atoms with Crippen molar-refractivity contribution in [2.45, 2.75) is 26.3 Å². The van der Waals surface area contributed by atoms with Crippen molar-refractivity contribution >= 4 is 17.6 Å². The van der Waals surface area contributed by atoms with Crippen LogP contribution in [0.15, 0.2) is 24.3 Å². The van der Waals surface area contributed by atoms with Crippen molar-refractivity contribution in [3.05, 3.63) is 30.1 Å². The Morgan fingerprint density at radius 2 is 2.11 bits per heavy atom. The SMILES string of the molecule is CCC(C)C(NC(N)=O)C(=O)Nc1cccc(F)c1. The number of nitrogens with one attached hydrogen (secondary N) is 2. The van der Waals surface area contributed by atoms with Gasteiger partial charge in [0.2, 0.25) is 5.91 Å². The molecule has 3 amide bonds. The van der Waals surface area contributed by atoms with E-state index in [1.54, 1.807) is 6.07 Å². The first-order chi connectivity index (χ1) is 8.93. The molecule has 0 spiro atoms. The van der Waals surface area contributed by atoms with Crippen LogP contribution in [0.1, 0.15) is 20.3 Å². The average Bonchev–Trinajstić information content (AvgIpc) is 2.34. The molecule has 0 aromatic heterocycles. The maximum atomic E-state index is 13.0. The molecule has 1 rings (SSSR count). The van der Waals surface area contributed by atoms with Gasteiger partial charge in [0.1, 0.15) is 11.9 Å². The summed E-state index contributed by atoms with van der Waals surface area (Å²) in [5.74, 6) is -0.944. The summed E-state index contributed by atoms with van der Waals surface area (Å²) in [6, 6.07) is 4.04. The van der Waals surface area contributed by atoms with Gasteiger partial charge in [0.15, 0.2) is 0 Å². The summed E-state index contributed by atoms with van der Waals surface area (Å²) in [4.78, 5) is 23.0. The molecule has 0 fully saturated rings. The summed E-state index contributed by atoms with van der Waals surface area (Å²) in [5.41, 5.74) is 5.39. The lowest BCUT2D eigenvalue weighted by atomic mass is 9.98. The monoisotopic (exact) mass is 267 g/mol. The number of halogens is 1. The Labute approximate surface area is 111 Å². The Hall–Kier alpha value is -2.11. The molecular formula is C13H18FN3O2. The maximum absolute atomic E-state index is 13.0. The summed E-state index contributed by atoms with van der Waals surface area (Å²) < 4.78 is 13.0. The minimum Gasteiger partial charge on any atom is -0.352 e. The van der Waals surface area contributed by atoms with E-state index in [0.29, 0.717) is 12.1 Å². The van der Waals surface area contributed by atoms with Crippen LogP contribution in [-0.4, -0.2) is 18.0 Å². The van der Waals surface area contributed by atoms with E-state index in [1.165, 1.54) is 18.2 Å². The zero-order valence-corrected chi connectivity index (χ0v) is 10.9. The van der Waals surface area contributed by atoms with E-state index < -0.39 is 23.8 Å². The van der Waals surface area contributed by atoms with E-state index in [4.69, 9.17) is 5.73 Å². The summed E-state index contributed by atoms with van der Waals surface area (Å²) in [7, 11) is 0. The topological polar surface area (TPSA) is 84.2 Å². The van der Waals surface area contributed by atoms with E-state index in [9.17, 15) is 14.0 Å². The molecule has 5 nitrogen and oxygen atoms in total. The normalized spacial score (nSPS) is 13.4. The van der Waals surface area contributed by atoms with E-state index >= 15 is 0 Å². The van der Waals surface area contributed by atoms with Gasteiger partial charge in [0, 0.05) is 5.69 Å². The molecule has 1 aromatic carbocycles. The lowest BCUT2D eigenvalue weighted by molar-refractivity contribution is -0.119. The fourth-order valence-corrected chi connectivity index (χ4v) is 1.64. The molecule has 0 aliphatic carbocycles. The van der Waals surface area contributed by atoms with Gasteiger partial charge in [0.05, 0.1) is 0 Å². The van der Waals surface area contributed by atoms with Gasteiger partial charge in [-0.15, -0.1) is 0 Å². The summed E-state index contributed by atoms with van der Waals surface area (Å²) in [6.07, 6.45) is 0.696. The van der Waals surface area contributed by atoms with E-state index in [1.807, 2.05) is 13.8 Å². The Balaban J connectivity index is 2.79. The van der Waals surface area contributed by atoms with Gasteiger partial charge in [0.25, 0.3) is 0 Å². The van der Waals surface area contributed by atoms with Gasteiger partial charge < -0.3 is 16.4 Å². The number of rotatable bonds is 5. The number of urea groups is 1. The predicted octanol–water partition coefficient (Wildman–Crippen LogP) is 1.85. The highest BCUT2D eigenvalue weighted by molar-refractivity contribution is 5.97. The molecule has 0 saturated carbocycles.